The van der Waals surface area contributed by atoms with Gasteiger partial charge in [-0.15, -0.1) is 0 Å². The third kappa shape index (κ3) is 4.64. The van der Waals surface area contributed by atoms with Gasteiger partial charge < -0.3 is 10.1 Å². The van der Waals surface area contributed by atoms with Gasteiger partial charge in [-0.3, -0.25) is 4.79 Å². The number of benzene rings is 2. The highest BCUT2D eigenvalue weighted by Gasteiger charge is 2.11. The van der Waals surface area contributed by atoms with Crippen LogP contribution in [0.4, 0.5) is 8.78 Å². The highest BCUT2D eigenvalue weighted by Crippen LogP contribution is 2.22. The zero-order valence-electron chi connectivity index (χ0n) is 13.1. The molecular weight excluding hydrogens is 380 g/mol. The fourth-order valence-electron chi connectivity index (χ4n) is 2.10. The zero-order valence-corrected chi connectivity index (χ0v) is 14.7. The summed E-state index contributed by atoms with van der Waals surface area (Å²) >= 11 is 3.25. The Morgan fingerprint density at radius 3 is 2.62 bits per heavy atom. The summed E-state index contributed by atoms with van der Waals surface area (Å²) in [5.74, 6) is -1.18. The van der Waals surface area contributed by atoms with E-state index < -0.39 is 23.6 Å². The van der Waals surface area contributed by atoms with E-state index in [0.29, 0.717) is 15.6 Å². The molecule has 1 amide bonds. The maximum absolute atomic E-state index is 13.7. The first-order valence-electron chi connectivity index (χ1n) is 7.17. The van der Waals surface area contributed by atoms with Crippen LogP contribution in [0.3, 0.4) is 0 Å². The lowest BCUT2D eigenvalue weighted by atomic mass is 10.1. The minimum Gasteiger partial charge on any atom is -0.494 e. The fraction of sp³-hybridized carbons (Fsp3) is 0.167. The molecule has 0 aliphatic heterocycles. The Balaban J connectivity index is 2.05. The van der Waals surface area contributed by atoms with Gasteiger partial charge in [0.15, 0.2) is 11.6 Å². The minimum atomic E-state index is -0.497. The Bertz CT molecular complexity index is 778. The molecule has 0 saturated carbocycles. The van der Waals surface area contributed by atoms with Crippen LogP contribution in [0.2, 0.25) is 0 Å². The van der Waals surface area contributed by atoms with Gasteiger partial charge in [0.25, 0.3) is 0 Å². The lowest BCUT2D eigenvalue weighted by Crippen LogP contribution is -2.24. The van der Waals surface area contributed by atoms with Gasteiger partial charge in [0.1, 0.15) is 5.82 Å². The minimum absolute atomic E-state index is 0.141. The molecule has 6 heteroatoms. The number of carbonyl (C=O) groups is 1. The number of methoxy groups -OCH3 is 1. The van der Waals surface area contributed by atoms with Crippen molar-refractivity contribution in [3.63, 3.8) is 0 Å². The molecule has 0 aliphatic carbocycles. The molecule has 0 bridgehead atoms. The highest BCUT2D eigenvalue weighted by molar-refractivity contribution is 9.10. The van der Waals surface area contributed by atoms with Crippen LogP contribution in [0.25, 0.3) is 6.08 Å². The van der Waals surface area contributed by atoms with Gasteiger partial charge in [0, 0.05) is 16.1 Å². The van der Waals surface area contributed by atoms with Crippen LogP contribution in [0.5, 0.6) is 5.75 Å². The van der Waals surface area contributed by atoms with Crippen LogP contribution in [-0.4, -0.2) is 13.0 Å². The molecule has 0 radical (unpaired) electrons. The molecule has 2 aromatic carbocycles. The van der Waals surface area contributed by atoms with Crippen molar-refractivity contribution in [1.29, 1.82) is 0 Å². The molecule has 0 fully saturated rings. The highest BCUT2D eigenvalue weighted by atomic mass is 79.9. The van der Waals surface area contributed by atoms with Crippen LogP contribution < -0.4 is 10.1 Å². The van der Waals surface area contributed by atoms with Crippen molar-refractivity contribution in [3.05, 3.63) is 69.7 Å². The van der Waals surface area contributed by atoms with Gasteiger partial charge in [0.05, 0.1) is 13.2 Å². The van der Waals surface area contributed by atoms with Gasteiger partial charge >= 0.3 is 0 Å². The largest absolute Gasteiger partial charge is 0.494 e. The van der Waals surface area contributed by atoms with E-state index >= 15 is 0 Å². The van der Waals surface area contributed by atoms with Crippen molar-refractivity contribution in [2.24, 2.45) is 0 Å². The summed E-state index contributed by atoms with van der Waals surface area (Å²) in [7, 11) is 1.38. The Morgan fingerprint density at radius 2 is 1.96 bits per heavy atom. The molecule has 0 aromatic heterocycles. The molecule has 3 nitrogen and oxygen atoms in total. The van der Waals surface area contributed by atoms with Gasteiger partial charge in [-0.2, -0.15) is 0 Å². The molecule has 0 spiro atoms. The van der Waals surface area contributed by atoms with Crippen molar-refractivity contribution in [2.75, 3.05) is 7.11 Å². The summed E-state index contributed by atoms with van der Waals surface area (Å²) in [6.07, 6.45) is 2.62. The maximum Gasteiger partial charge on any atom is 0.244 e. The van der Waals surface area contributed by atoms with E-state index in [9.17, 15) is 13.6 Å². The number of nitrogens with one attached hydrogen (secondary N) is 1. The van der Waals surface area contributed by atoms with Crippen molar-refractivity contribution in [2.45, 2.75) is 13.0 Å². The van der Waals surface area contributed by atoms with Gasteiger partial charge in [-0.25, -0.2) is 8.78 Å². The van der Waals surface area contributed by atoms with Crippen LogP contribution in [0.15, 0.2) is 46.9 Å². The molecule has 1 N–H and O–H groups in total. The third-order valence-electron chi connectivity index (χ3n) is 3.41. The number of carbonyl (C=O) groups excluding carboxylic acids is 1. The number of hydrogen-bond donors (Lipinski definition) is 1. The van der Waals surface area contributed by atoms with E-state index in [1.165, 1.54) is 37.5 Å². The van der Waals surface area contributed by atoms with Gasteiger partial charge in [-0.1, -0.05) is 22.0 Å². The Morgan fingerprint density at radius 1 is 1.21 bits per heavy atom. The van der Waals surface area contributed by atoms with Crippen molar-refractivity contribution >= 4 is 27.9 Å². The number of rotatable bonds is 5. The quantitative estimate of drug-likeness (QED) is 0.749. The topological polar surface area (TPSA) is 38.3 Å². The van der Waals surface area contributed by atoms with Gasteiger partial charge in [-0.05, 0) is 48.9 Å². The van der Waals surface area contributed by atoms with Crippen LogP contribution >= 0.6 is 15.9 Å². The normalized spacial score (nSPS) is 12.2. The van der Waals surface area contributed by atoms with E-state index in [0.717, 1.165) is 0 Å². The number of amides is 1. The standard InChI is InChI=1S/C18H16BrF2NO2/c1-11(12-3-7-17(24-2)16(21)10-12)22-18(23)8-4-13-9-14(19)5-6-15(13)20/h3-11H,1-2H3,(H,22,23)/b8-4+. The van der Waals surface area contributed by atoms with Crippen molar-refractivity contribution in [1.82, 2.24) is 5.32 Å². The molecule has 2 aromatic rings. The lowest BCUT2D eigenvalue weighted by molar-refractivity contribution is -0.117. The second kappa shape index (κ2) is 8.06. The average molecular weight is 396 g/mol. The fourth-order valence-corrected chi connectivity index (χ4v) is 2.48. The summed E-state index contributed by atoms with van der Waals surface area (Å²) < 4.78 is 32.9. The van der Waals surface area contributed by atoms with Crippen LogP contribution in [-0.2, 0) is 4.79 Å². The van der Waals surface area contributed by atoms with Crippen molar-refractivity contribution in [3.8, 4) is 5.75 Å². The summed E-state index contributed by atoms with van der Waals surface area (Å²) in [6, 6.07) is 8.53. The SMILES string of the molecule is COc1ccc(C(C)NC(=O)/C=C/c2cc(Br)ccc2F)cc1F. The summed E-state index contributed by atoms with van der Waals surface area (Å²) in [6.45, 7) is 1.73. The van der Waals surface area contributed by atoms with E-state index in [-0.39, 0.29) is 5.75 Å². The predicted octanol–water partition coefficient (Wildman–Crippen LogP) is 4.63. The molecule has 1 atom stereocenters. The average Bonchev–Trinajstić information content (AvgIpc) is 2.55. The third-order valence-corrected chi connectivity index (χ3v) is 3.90. The van der Waals surface area contributed by atoms with Crippen molar-refractivity contribution < 1.29 is 18.3 Å². The molecule has 126 valence electrons. The van der Waals surface area contributed by atoms with E-state index in [1.54, 1.807) is 25.1 Å². The molecule has 0 aliphatic rings. The molecule has 2 rings (SSSR count). The Labute approximate surface area is 147 Å². The lowest BCUT2D eigenvalue weighted by Gasteiger charge is -2.14. The summed E-state index contributed by atoms with van der Waals surface area (Å²) in [4.78, 5) is 12.0. The maximum atomic E-state index is 13.7. The molecule has 0 saturated heterocycles. The van der Waals surface area contributed by atoms with Crippen LogP contribution in [0, 0.1) is 11.6 Å². The summed E-state index contributed by atoms with van der Waals surface area (Å²) in [5, 5.41) is 2.70. The van der Waals surface area contributed by atoms with E-state index in [4.69, 9.17) is 4.74 Å². The molecule has 1 unspecified atom stereocenters. The smallest absolute Gasteiger partial charge is 0.244 e. The number of hydrogen-bond acceptors (Lipinski definition) is 2. The monoisotopic (exact) mass is 395 g/mol. The molecular formula is C18H16BrF2NO2. The van der Waals surface area contributed by atoms with Crippen LogP contribution in [0.1, 0.15) is 24.1 Å². The Kier molecular flexibility index (Phi) is 6.09. The zero-order chi connectivity index (χ0) is 17.7. The predicted molar refractivity (Wildman–Crippen MR) is 92.6 cm³/mol. The molecule has 0 heterocycles. The first-order chi connectivity index (χ1) is 11.4. The summed E-state index contributed by atoms with van der Waals surface area (Å²) in [5.41, 5.74) is 0.895. The number of halogens is 3. The molecule has 24 heavy (non-hydrogen) atoms. The second-order valence-electron chi connectivity index (χ2n) is 5.12. The van der Waals surface area contributed by atoms with E-state index in [2.05, 4.69) is 21.2 Å². The Hall–Kier alpha value is -2.21. The second-order valence-corrected chi connectivity index (χ2v) is 6.04. The first kappa shape index (κ1) is 18.1. The number of ether oxygens (including phenoxy) is 1. The first-order valence-corrected chi connectivity index (χ1v) is 7.97. The van der Waals surface area contributed by atoms with Gasteiger partial charge in [0.2, 0.25) is 5.91 Å². The van der Waals surface area contributed by atoms with E-state index in [1.807, 2.05) is 0 Å².